The molecule has 134 valence electrons. The van der Waals surface area contributed by atoms with Crippen molar-refractivity contribution in [2.45, 2.75) is 27.3 Å². The number of fused-ring (bicyclic) bond motifs is 1. The molecule has 0 aliphatic rings. The molecule has 0 amide bonds. The average Bonchev–Trinajstić information content (AvgIpc) is 3.02. The summed E-state index contributed by atoms with van der Waals surface area (Å²) in [5, 5.41) is 5.35. The number of carbonyl (C=O) groups excluding carboxylic acids is 1. The van der Waals surface area contributed by atoms with E-state index < -0.39 is 0 Å². The van der Waals surface area contributed by atoms with Crippen molar-refractivity contribution in [1.29, 1.82) is 0 Å². The van der Waals surface area contributed by atoms with Gasteiger partial charge in [0.05, 0.1) is 12.8 Å². The Morgan fingerprint density at radius 3 is 2.81 bits per heavy atom. The van der Waals surface area contributed by atoms with Crippen LogP contribution < -0.4 is 0 Å². The van der Waals surface area contributed by atoms with Crippen molar-refractivity contribution in [2.75, 3.05) is 6.61 Å². The van der Waals surface area contributed by atoms with Crippen LogP contribution in [0, 0.1) is 6.92 Å². The lowest BCUT2D eigenvalue weighted by atomic mass is 9.97. The predicted molar refractivity (Wildman–Crippen MR) is 105 cm³/mol. The number of halogens is 1. The smallest absolute Gasteiger partial charge is 0.330 e. The summed E-state index contributed by atoms with van der Waals surface area (Å²) >= 11 is 3.48. The van der Waals surface area contributed by atoms with E-state index in [2.05, 4.69) is 26.0 Å². The lowest BCUT2D eigenvalue weighted by Crippen LogP contribution is -2.02. The molecule has 3 aromatic rings. The quantitative estimate of drug-likeness (QED) is 0.462. The zero-order valence-electron chi connectivity index (χ0n) is 14.9. The molecule has 0 saturated heterocycles. The van der Waals surface area contributed by atoms with Crippen molar-refractivity contribution < 1.29 is 9.53 Å². The molecule has 26 heavy (non-hydrogen) atoms. The summed E-state index contributed by atoms with van der Waals surface area (Å²) in [5.74, 6) is -0.380. The SMILES string of the molecule is CCOC(=O)/C=C/c1c(C)nc2c(cnn2CC)c1-c1cncc(Br)c1. The summed E-state index contributed by atoms with van der Waals surface area (Å²) in [6.07, 6.45) is 8.52. The fourth-order valence-electron chi connectivity index (χ4n) is 2.85. The van der Waals surface area contributed by atoms with Crippen LogP contribution in [0.5, 0.6) is 0 Å². The first-order chi connectivity index (χ1) is 12.5. The van der Waals surface area contributed by atoms with Gasteiger partial charge in [-0.3, -0.25) is 4.98 Å². The maximum atomic E-state index is 11.8. The van der Waals surface area contributed by atoms with E-state index in [1.807, 2.05) is 30.8 Å². The van der Waals surface area contributed by atoms with Gasteiger partial charge in [0.1, 0.15) is 0 Å². The molecule has 0 radical (unpaired) electrons. The Kier molecular flexibility index (Phi) is 5.46. The molecule has 0 aliphatic carbocycles. The third kappa shape index (κ3) is 3.53. The molecule has 0 fully saturated rings. The van der Waals surface area contributed by atoms with Crippen LogP contribution in [-0.2, 0) is 16.1 Å². The standard InChI is InChI=1S/C19H19BrN4O2/c1-4-24-19-16(11-22-24)18(13-8-14(20)10-21-9-13)15(12(3)23-19)6-7-17(25)26-5-2/h6-11H,4-5H2,1-3H3/b7-6+. The first-order valence-electron chi connectivity index (χ1n) is 8.37. The number of ether oxygens (including phenoxy) is 1. The third-order valence-electron chi connectivity index (χ3n) is 3.98. The molecule has 0 aliphatic heterocycles. The van der Waals surface area contributed by atoms with Gasteiger partial charge in [0.2, 0.25) is 0 Å². The molecule has 3 rings (SSSR count). The van der Waals surface area contributed by atoms with E-state index in [0.717, 1.165) is 44.4 Å². The van der Waals surface area contributed by atoms with Gasteiger partial charge in [-0.2, -0.15) is 5.10 Å². The Balaban J connectivity index is 2.27. The van der Waals surface area contributed by atoms with Crippen LogP contribution in [0.3, 0.4) is 0 Å². The number of pyridine rings is 2. The van der Waals surface area contributed by atoms with Crippen molar-refractivity contribution in [3.05, 3.63) is 46.5 Å². The molecule has 0 atom stereocenters. The van der Waals surface area contributed by atoms with Crippen molar-refractivity contribution in [3.8, 4) is 11.1 Å². The topological polar surface area (TPSA) is 69.9 Å². The minimum Gasteiger partial charge on any atom is -0.463 e. The number of esters is 1. The zero-order valence-corrected chi connectivity index (χ0v) is 16.4. The second-order valence-corrected chi connectivity index (χ2v) is 6.58. The molecule has 0 aromatic carbocycles. The molecule has 3 aromatic heterocycles. The number of hydrogen-bond acceptors (Lipinski definition) is 5. The Bertz CT molecular complexity index is 995. The van der Waals surface area contributed by atoms with Crippen LogP contribution in [0.15, 0.2) is 35.2 Å². The van der Waals surface area contributed by atoms with E-state index in [1.165, 1.54) is 6.08 Å². The van der Waals surface area contributed by atoms with E-state index in [1.54, 1.807) is 25.4 Å². The fraction of sp³-hybridized carbons (Fsp3) is 0.263. The van der Waals surface area contributed by atoms with Crippen LogP contribution in [0.1, 0.15) is 25.1 Å². The summed E-state index contributed by atoms with van der Waals surface area (Å²) in [6.45, 7) is 6.79. The number of aryl methyl sites for hydroxylation is 2. The van der Waals surface area contributed by atoms with Crippen molar-refractivity contribution in [2.24, 2.45) is 0 Å². The maximum absolute atomic E-state index is 11.8. The first-order valence-corrected chi connectivity index (χ1v) is 9.16. The van der Waals surface area contributed by atoms with E-state index >= 15 is 0 Å². The second-order valence-electron chi connectivity index (χ2n) is 5.66. The largest absolute Gasteiger partial charge is 0.463 e. The molecule has 6 nitrogen and oxygen atoms in total. The number of aromatic nitrogens is 4. The van der Waals surface area contributed by atoms with Crippen molar-refractivity contribution >= 4 is 39.0 Å². The summed E-state index contributed by atoms with van der Waals surface area (Å²) in [6, 6.07) is 1.99. The van der Waals surface area contributed by atoms with Crippen LogP contribution >= 0.6 is 15.9 Å². The van der Waals surface area contributed by atoms with Gasteiger partial charge < -0.3 is 4.74 Å². The number of rotatable bonds is 5. The van der Waals surface area contributed by atoms with Gasteiger partial charge in [0, 0.05) is 57.3 Å². The minimum absolute atomic E-state index is 0.338. The average molecular weight is 415 g/mol. The maximum Gasteiger partial charge on any atom is 0.330 e. The second kappa shape index (κ2) is 7.78. The zero-order chi connectivity index (χ0) is 18.7. The van der Waals surface area contributed by atoms with Crippen LogP contribution in [0.25, 0.3) is 28.2 Å². The lowest BCUT2D eigenvalue weighted by molar-refractivity contribution is -0.137. The Labute approximate surface area is 160 Å². The summed E-state index contributed by atoms with van der Waals surface area (Å²) in [5.41, 5.74) is 4.34. The summed E-state index contributed by atoms with van der Waals surface area (Å²) in [7, 11) is 0. The molecule has 7 heteroatoms. The summed E-state index contributed by atoms with van der Waals surface area (Å²) in [4.78, 5) is 20.8. The van der Waals surface area contributed by atoms with Crippen molar-refractivity contribution in [1.82, 2.24) is 19.7 Å². The van der Waals surface area contributed by atoms with Gasteiger partial charge in [-0.25, -0.2) is 14.5 Å². The number of nitrogens with zero attached hydrogens (tertiary/aromatic N) is 4. The van der Waals surface area contributed by atoms with Gasteiger partial charge in [0.25, 0.3) is 0 Å². The highest BCUT2D eigenvalue weighted by molar-refractivity contribution is 9.10. The highest BCUT2D eigenvalue weighted by atomic mass is 79.9. The van der Waals surface area contributed by atoms with Crippen molar-refractivity contribution in [3.63, 3.8) is 0 Å². The van der Waals surface area contributed by atoms with Gasteiger partial charge in [-0.15, -0.1) is 0 Å². The van der Waals surface area contributed by atoms with Gasteiger partial charge in [-0.05, 0) is 48.8 Å². The Hall–Kier alpha value is -2.54. The molecule has 0 bridgehead atoms. The Morgan fingerprint density at radius 2 is 2.12 bits per heavy atom. The van der Waals surface area contributed by atoms with E-state index in [0.29, 0.717) is 6.61 Å². The normalized spacial score (nSPS) is 11.4. The minimum atomic E-state index is -0.380. The molecule has 0 unspecified atom stereocenters. The Morgan fingerprint density at radius 1 is 1.31 bits per heavy atom. The summed E-state index contributed by atoms with van der Waals surface area (Å²) < 4.78 is 7.73. The molecule has 0 N–H and O–H groups in total. The lowest BCUT2D eigenvalue weighted by Gasteiger charge is -2.12. The van der Waals surface area contributed by atoms with Crippen LogP contribution in [0.2, 0.25) is 0 Å². The highest BCUT2D eigenvalue weighted by Crippen LogP contribution is 2.34. The van der Waals surface area contributed by atoms with Gasteiger partial charge >= 0.3 is 5.97 Å². The monoisotopic (exact) mass is 414 g/mol. The van der Waals surface area contributed by atoms with Gasteiger partial charge in [-0.1, -0.05) is 0 Å². The molecule has 3 heterocycles. The van der Waals surface area contributed by atoms with Crippen LogP contribution in [-0.4, -0.2) is 32.3 Å². The van der Waals surface area contributed by atoms with E-state index in [-0.39, 0.29) is 5.97 Å². The number of hydrogen-bond donors (Lipinski definition) is 0. The van der Waals surface area contributed by atoms with Crippen LogP contribution in [0.4, 0.5) is 0 Å². The molecular formula is C19H19BrN4O2. The molecule has 0 saturated carbocycles. The van der Waals surface area contributed by atoms with E-state index in [4.69, 9.17) is 9.72 Å². The van der Waals surface area contributed by atoms with Gasteiger partial charge in [0.15, 0.2) is 5.65 Å². The van der Waals surface area contributed by atoms with E-state index in [9.17, 15) is 4.79 Å². The first kappa shape index (κ1) is 18.3. The molecule has 0 spiro atoms. The molecular weight excluding hydrogens is 396 g/mol. The number of carbonyl (C=O) groups is 1. The fourth-order valence-corrected chi connectivity index (χ4v) is 3.22. The predicted octanol–water partition coefficient (Wildman–Crippen LogP) is 4.16. The highest BCUT2D eigenvalue weighted by Gasteiger charge is 2.17. The third-order valence-corrected chi connectivity index (χ3v) is 4.41.